The number of hydrogen-bond donors (Lipinski definition) is 3. The van der Waals surface area contributed by atoms with Crippen molar-refractivity contribution < 1.29 is 19.1 Å². The maximum atomic E-state index is 12.4. The van der Waals surface area contributed by atoms with Crippen molar-refractivity contribution in [3.63, 3.8) is 0 Å². The van der Waals surface area contributed by atoms with E-state index >= 15 is 0 Å². The molecule has 0 aromatic heterocycles. The number of likely N-dealkylation sites (N-methyl/N-ethyl adjacent to an activating group) is 1. The van der Waals surface area contributed by atoms with Gasteiger partial charge in [0.15, 0.2) is 0 Å². The number of ether oxygens (including phenoxy) is 1. The van der Waals surface area contributed by atoms with Crippen LogP contribution in [-0.4, -0.2) is 56.4 Å². The Morgan fingerprint density at radius 2 is 1.66 bits per heavy atom. The molecular weight excluding hydrogens is 372 g/mol. The zero-order chi connectivity index (χ0) is 21.2. The summed E-state index contributed by atoms with van der Waals surface area (Å²) in [6.07, 6.45) is 0. The second-order valence-electron chi connectivity index (χ2n) is 6.26. The van der Waals surface area contributed by atoms with E-state index in [1.807, 2.05) is 13.0 Å². The number of nitrogens with one attached hydrogen (secondary N) is 3. The Morgan fingerprint density at radius 3 is 2.31 bits per heavy atom. The van der Waals surface area contributed by atoms with Gasteiger partial charge in [0.25, 0.3) is 5.91 Å². The van der Waals surface area contributed by atoms with Crippen LogP contribution in [0.3, 0.4) is 0 Å². The van der Waals surface area contributed by atoms with Gasteiger partial charge >= 0.3 is 0 Å². The molecule has 29 heavy (non-hydrogen) atoms. The third-order valence-corrected chi connectivity index (χ3v) is 4.20. The maximum absolute atomic E-state index is 12.4. The van der Waals surface area contributed by atoms with E-state index in [0.29, 0.717) is 29.2 Å². The van der Waals surface area contributed by atoms with Crippen LogP contribution in [0.25, 0.3) is 0 Å². The normalized spacial score (nSPS) is 10.3. The molecule has 0 heterocycles. The number of hydrogen-bond acceptors (Lipinski definition) is 5. The van der Waals surface area contributed by atoms with Crippen molar-refractivity contribution in [3.05, 3.63) is 54.1 Å². The van der Waals surface area contributed by atoms with Crippen molar-refractivity contribution in [2.75, 3.05) is 44.4 Å². The van der Waals surface area contributed by atoms with Crippen LogP contribution in [0.4, 0.5) is 11.4 Å². The molecule has 3 N–H and O–H groups in total. The molecule has 0 aliphatic heterocycles. The number of carbonyl (C=O) groups is 3. The van der Waals surface area contributed by atoms with Crippen LogP contribution in [0.5, 0.6) is 5.75 Å². The van der Waals surface area contributed by atoms with Crippen molar-refractivity contribution in [1.29, 1.82) is 0 Å². The Kier molecular flexibility index (Phi) is 8.17. The van der Waals surface area contributed by atoms with Gasteiger partial charge in [0, 0.05) is 18.3 Å². The maximum Gasteiger partial charge on any atom is 0.251 e. The lowest BCUT2D eigenvalue weighted by Gasteiger charge is -2.20. The third kappa shape index (κ3) is 6.62. The minimum Gasteiger partial charge on any atom is -0.495 e. The van der Waals surface area contributed by atoms with Gasteiger partial charge in [-0.3, -0.25) is 19.3 Å². The lowest BCUT2D eigenvalue weighted by atomic mass is 10.2. The average molecular weight is 398 g/mol. The van der Waals surface area contributed by atoms with E-state index < -0.39 is 0 Å². The molecule has 0 unspecified atom stereocenters. The summed E-state index contributed by atoms with van der Waals surface area (Å²) < 4.78 is 5.22. The Labute approximate surface area is 170 Å². The largest absolute Gasteiger partial charge is 0.495 e. The van der Waals surface area contributed by atoms with Crippen molar-refractivity contribution in [3.8, 4) is 5.75 Å². The van der Waals surface area contributed by atoms with Gasteiger partial charge in [0.05, 0.1) is 25.9 Å². The molecule has 0 bridgehead atoms. The summed E-state index contributed by atoms with van der Waals surface area (Å²) in [5, 5.41) is 8.09. The molecule has 0 radical (unpaired) electrons. The van der Waals surface area contributed by atoms with Gasteiger partial charge in [0.1, 0.15) is 5.75 Å². The molecule has 3 amide bonds. The van der Waals surface area contributed by atoms with E-state index in [-0.39, 0.29) is 30.8 Å². The zero-order valence-corrected chi connectivity index (χ0v) is 16.8. The highest BCUT2D eigenvalue weighted by Crippen LogP contribution is 2.22. The number of amides is 3. The molecule has 0 saturated carbocycles. The predicted molar refractivity (Wildman–Crippen MR) is 112 cm³/mol. The van der Waals surface area contributed by atoms with Crippen molar-refractivity contribution >= 4 is 29.1 Å². The van der Waals surface area contributed by atoms with Gasteiger partial charge in [-0.1, -0.05) is 25.1 Å². The van der Waals surface area contributed by atoms with Crippen LogP contribution in [0.2, 0.25) is 0 Å². The van der Waals surface area contributed by atoms with Gasteiger partial charge < -0.3 is 20.7 Å². The first kappa shape index (κ1) is 21.9. The highest BCUT2D eigenvalue weighted by molar-refractivity contribution is 5.98. The van der Waals surface area contributed by atoms with Crippen LogP contribution in [0.15, 0.2) is 48.5 Å². The molecule has 0 aliphatic carbocycles. The highest BCUT2D eigenvalue weighted by Gasteiger charge is 2.15. The van der Waals surface area contributed by atoms with Crippen molar-refractivity contribution in [2.24, 2.45) is 0 Å². The average Bonchev–Trinajstić information content (AvgIpc) is 2.73. The Hall–Kier alpha value is -3.39. The second kappa shape index (κ2) is 10.8. The van der Waals surface area contributed by atoms with E-state index in [1.165, 1.54) is 7.11 Å². The molecule has 0 saturated heterocycles. The lowest BCUT2D eigenvalue weighted by Crippen LogP contribution is -2.38. The van der Waals surface area contributed by atoms with Crippen LogP contribution < -0.4 is 20.7 Å². The summed E-state index contributed by atoms with van der Waals surface area (Å²) in [4.78, 5) is 38.1. The lowest BCUT2D eigenvalue weighted by molar-refractivity contribution is -0.119. The summed E-state index contributed by atoms with van der Waals surface area (Å²) >= 11 is 0. The molecule has 154 valence electrons. The van der Waals surface area contributed by atoms with Crippen molar-refractivity contribution in [2.45, 2.75) is 6.92 Å². The number of anilines is 2. The highest BCUT2D eigenvalue weighted by atomic mass is 16.5. The van der Waals surface area contributed by atoms with E-state index in [0.717, 1.165) is 0 Å². The fourth-order valence-electron chi connectivity index (χ4n) is 2.71. The van der Waals surface area contributed by atoms with Gasteiger partial charge in [0.2, 0.25) is 11.8 Å². The monoisotopic (exact) mass is 398 g/mol. The molecule has 0 fully saturated rings. The van der Waals surface area contributed by atoms with Gasteiger partial charge in [-0.2, -0.15) is 0 Å². The Balaban J connectivity index is 1.92. The van der Waals surface area contributed by atoms with Crippen LogP contribution in [-0.2, 0) is 9.59 Å². The summed E-state index contributed by atoms with van der Waals surface area (Å²) in [7, 11) is 3.08. The number of rotatable bonds is 9. The summed E-state index contributed by atoms with van der Waals surface area (Å²) in [5.41, 5.74) is 1.55. The molecule has 0 atom stereocenters. The van der Waals surface area contributed by atoms with E-state index in [4.69, 9.17) is 4.74 Å². The quantitative estimate of drug-likeness (QED) is 0.600. The minimum atomic E-state index is -0.272. The topological polar surface area (TPSA) is 99.8 Å². The number of methoxy groups -OCH3 is 1. The Morgan fingerprint density at radius 1 is 0.966 bits per heavy atom. The molecule has 0 aliphatic rings. The fourth-order valence-corrected chi connectivity index (χ4v) is 2.71. The van der Waals surface area contributed by atoms with E-state index in [2.05, 4.69) is 16.0 Å². The summed E-state index contributed by atoms with van der Waals surface area (Å²) in [6.45, 7) is 2.49. The van der Waals surface area contributed by atoms with E-state index in [9.17, 15) is 14.4 Å². The van der Waals surface area contributed by atoms with Gasteiger partial charge in [-0.05, 0) is 36.9 Å². The van der Waals surface area contributed by atoms with Crippen LogP contribution >= 0.6 is 0 Å². The minimum absolute atomic E-state index is 0.0417. The molecule has 8 nitrogen and oxygen atoms in total. The van der Waals surface area contributed by atoms with Crippen LogP contribution in [0, 0.1) is 0 Å². The van der Waals surface area contributed by atoms with E-state index in [1.54, 1.807) is 54.4 Å². The van der Waals surface area contributed by atoms with Gasteiger partial charge in [-0.15, -0.1) is 0 Å². The number of para-hydroxylation sites is 2. The molecule has 0 spiro atoms. The molecule has 2 aromatic rings. The summed E-state index contributed by atoms with van der Waals surface area (Å²) in [6, 6.07) is 13.8. The molecule has 8 heteroatoms. The number of benzene rings is 2. The molecule has 2 rings (SSSR count). The SMILES string of the molecule is CCN(CC(=O)Nc1cccc(C(=O)NC)c1)CC(=O)Nc1ccccc1OC. The standard InChI is InChI=1S/C21H26N4O4/c1-4-25(14-20(27)24-17-10-5-6-11-18(17)29-3)13-19(26)23-16-9-7-8-15(12-16)21(28)22-2/h5-12H,4,13-14H2,1-3H3,(H,22,28)(H,23,26)(H,24,27). The predicted octanol–water partition coefficient (Wildman–Crippen LogP) is 1.95. The van der Waals surface area contributed by atoms with Gasteiger partial charge in [-0.25, -0.2) is 0 Å². The number of nitrogens with zero attached hydrogens (tertiary/aromatic N) is 1. The van der Waals surface area contributed by atoms with Crippen molar-refractivity contribution in [1.82, 2.24) is 10.2 Å². The molecular formula is C21H26N4O4. The molecule has 2 aromatic carbocycles. The number of carbonyl (C=O) groups excluding carboxylic acids is 3. The summed E-state index contributed by atoms with van der Waals surface area (Å²) in [5.74, 6) is -0.182. The third-order valence-electron chi connectivity index (χ3n) is 4.20. The first-order chi connectivity index (χ1) is 14.0. The first-order valence-electron chi connectivity index (χ1n) is 9.24. The zero-order valence-electron chi connectivity index (χ0n) is 16.8. The Bertz CT molecular complexity index is 869. The fraction of sp³-hybridized carbons (Fsp3) is 0.286. The first-order valence-corrected chi connectivity index (χ1v) is 9.24. The second-order valence-corrected chi connectivity index (χ2v) is 6.26. The smallest absolute Gasteiger partial charge is 0.251 e. The van der Waals surface area contributed by atoms with Crippen LogP contribution in [0.1, 0.15) is 17.3 Å².